The minimum absolute atomic E-state index is 0.0181. The van der Waals surface area contributed by atoms with E-state index in [1.54, 1.807) is 12.1 Å². The first kappa shape index (κ1) is 17.8. The first-order valence-corrected chi connectivity index (χ1v) is 10.1. The molecule has 1 saturated heterocycles. The molecule has 0 N–H and O–H groups in total. The third-order valence-electron chi connectivity index (χ3n) is 3.55. The van der Waals surface area contributed by atoms with Crippen LogP contribution in [-0.2, 0) is 10.0 Å². The summed E-state index contributed by atoms with van der Waals surface area (Å²) in [4.78, 5) is -0.0181. The third-order valence-corrected chi connectivity index (χ3v) is 7.10. The number of benzene rings is 1. The summed E-state index contributed by atoms with van der Waals surface area (Å²) < 4.78 is 28.0. The van der Waals surface area contributed by atoms with Crippen LogP contribution in [0.3, 0.4) is 0 Å². The first-order chi connectivity index (χ1) is 9.87. The van der Waals surface area contributed by atoms with Gasteiger partial charge >= 0.3 is 0 Å². The standard InChI is InChI=1S/C13H15BrCl3NO2S/c14-9-7-11(16)13(12(17)8-9)21(19,20)18-6-2-1-3-10(18)4-5-15/h7-8,10H,1-6H2. The summed E-state index contributed by atoms with van der Waals surface area (Å²) in [6, 6.07) is 3.00. The summed E-state index contributed by atoms with van der Waals surface area (Å²) in [6.07, 6.45) is 3.30. The molecule has 0 spiro atoms. The van der Waals surface area contributed by atoms with Crippen molar-refractivity contribution in [3.8, 4) is 0 Å². The van der Waals surface area contributed by atoms with E-state index in [4.69, 9.17) is 34.8 Å². The summed E-state index contributed by atoms with van der Waals surface area (Å²) in [5, 5.41) is 0.258. The smallest absolute Gasteiger partial charge is 0.207 e. The Kier molecular flexibility index (Phi) is 6.25. The van der Waals surface area contributed by atoms with Gasteiger partial charge in [-0.1, -0.05) is 45.6 Å². The molecule has 0 bridgehead atoms. The predicted molar refractivity (Wildman–Crippen MR) is 91.0 cm³/mol. The van der Waals surface area contributed by atoms with Crippen LogP contribution >= 0.6 is 50.7 Å². The summed E-state index contributed by atoms with van der Waals surface area (Å²) >= 11 is 21.3. The Morgan fingerprint density at radius 3 is 2.43 bits per heavy atom. The van der Waals surface area contributed by atoms with Gasteiger partial charge in [0.2, 0.25) is 10.0 Å². The van der Waals surface area contributed by atoms with Crippen LogP contribution in [0.2, 0.25) is 10.0 Å². The highest BCUT2D eigenvalue weighted by atomic mass is 79.9. The van der Waals surface area contributed by atoms with Crippen LogP contribution < -0.4 is 0 Å². The van der Waals surface area contributed by atoms with E-state index in [0.717, 1.165) is 19.3 Å². The molecule has 1 aliphatic heterocycles. The van der Waals surface area contributed by atoms with Gasteiger partial charge in [0.15, 0.2) is 0 Å². The number of halogens is 4. The Labute approximate surface area is 148 Å². The van der Waals surface area contributed by atoms with E-state index >= 15 is 0 Å². The second-order valence-electron chi connectivity index (χ2n) is 4.94. The minimum atomic E-state index is -3.72. The molecule has 0 amide bonds. The van der Waals surface area contributed by atoms with Gasteiger partial charge in [-0.25, -0.2) is 8.42 Å². The molecule has 1 aliphatic rings. The molecule has 1 aromatic carbocycles. The molecule has 8 heteroatoms. The lowest BCUT2D eigenvalue weighted by Crippen LogP contribution is -2.44. The quantitative estimate of drug-likeness (QED) is 0.629. The van der Waals surface area contributed by atoms with Gasteiger partial charge < -0.3 is 0 Å². The number of hydrogen-bond donors (Lipinski definition) is 0. The maximum atomic E-state index is 12.9. The van der Waals surface area contributed by atoms with Gasteiger partial charge in [-0.05, 0) is 31.4 Å². The largest absolute Gasteiger partial charge is 0.246 e. The Hall–Kier alpha value is 0.480. The second kappa shape index (κ2) is 7.37. The highest BCUT2D eigenvalue weighted by molar-refractivity contribution is 9.10. The molecule has 2 rings (SSSR count). The monoisotopic (exact) mass is 433 g/mol. The lowest BCUT2D eigenvalue weighted by atomic mass is 10.0. The average molecular weight is 436 g/mol. The topological polar surface area (TPSA) is 37.4 Å². The van der Waals surface area contributed by atoms with E-state index in [9.17, 15) is 8.42 Å². The Bertz CT molecular complexity index is 599. The molecule has 118 valence electrons. The van der Waals surface area contributed by atoms with Crippen molar-refractivity contribution in [2.75, 3.05) is 12.4 Å². The summed E-state index contributed by atoms with van der Waals surface area (Å²) in [6.45, 7) is 0.479. The zero-order valence-electron chi connectivity index (χ0n) is 11.2. The fourth-order valence-electron chi connectivity index (χ4n) is 2.60. The Balaban J connectivity index is 2.45. The van der Waals surface area contributed by atoms with Crippen molar-refractivity contribution >= 4 is 60.8 Å². The molecule has 0 aliphatic carbocycles. The van der Waals surface area contributed by atoms with Crippen molar-refractivity contribution < 1.29 is 8.42 Å². The van der Waals surface area contributed by atoms with Crippen LogP contribution in [0.1, 0.15) is 25.7 Å². The maximum absolute atomic E-state index is 12.9. The lowest BCUT2D eigenvalue weighted by Gasteiger charge is -2.34. The fourth-order valence-corrected chi connectivity index (χ4v) is 6.46. The van der Waals surface area contributed by atoms with Crippen molar-refractivity contribution in [3.63, 3.8) is 0 Å². The number of nitrogens with zero attached hydrogens (tertiary/aromatic N) is 1. The average Bonchev–Trinajstić information content (AvgIpc) is 2.37. The first-order valence-electron chi connectivity index (χ1n) is 6.60. The molecular formula is C13H15BrCl3NO2S. The van der Waals surface area contributed by atoms with Crippen molar-refractivity contribution in [1.82, 2.24) is 4.31 Å². The van der Waals surface area contributed by atoms with Gasteiger partial charge in [0.1, 0.15) is 4.90 Å². The lowest BCUT2D eigenvalue weighted by molar-refractivity contribution is 0.247. The molecule has 0 aromatic heterocycles. The number of piperidine rings is 1. The van der Waals surface area contributed by atoms with Gasteiger partial charge in [0, 0.05) is 22.9 Å². The van der Waals surface area contributed by atoms with Crippen LogP contribution in [0.25, 0.3) is 0 Å². The molecule has 0 radical (unpaired) electrons. The molecule has 0 saturated carbocycles. The Morgan fingerprint density at radius 2 is 1.86 bits per heavy atom. The molecule has 1 aromatic rings. The highest BCUT2D eigenvalue weighted by Gasteiger charge is 2.35. The molecule has 1 atom stereocenters. The van der Waals surface area contributed by atoms with Crippen LogP contribution in [0, 0.1) is 0 Å². The van der Waals surface area contributed by atoms with E-state index in [0.29, 0.717) is 23.3 Å². The predicted octanol–water partition coefficient (Wildman–Crippen LogP) is 4.93. The molecule has 3 nitrogen and oxygen atoms in total. The number of hydrogen-bond acceptors (Lipinski definition) is 2. The van der Waals surface area contributed by atoms with E-state index in [1.165, 1.54) is 4.31 Å². The number of sulfonamides is 1. The zero-order chi connectivity index (χ0) is 15.6. The summed E-state index contributed by atoms with van der Waals surface area (Å²) in [7, 11) is -3.72. The van der Waals surface area contributed by atoms with Crippen molar-refractivity contribution in [1.29, 1.82) is 0 Å². The highest BCUT2D eigenvalue weighted by Crippen LogP contribution is 2.37. The van der Waals surface area contributed by atoms with Gasteiger partial charge in [0.25, 0.3) is 0 Å². The second-order valence-corrected chi connectivity index (χ2v) is 8.88. The maximum Gasteiger partial charge on any atom is 0.246 e. The zero-order valence-corrected chi connectivity index (χ0v) is 15.8. The van der Waals surface area contributed by atoms with Crippen LogP contribution in [0.4, 0.5) is 0 Å². The number of alkyl halides is 1. The van der Waals surface area contributed by atoms with Crippen LogP contribution in [-0.4, -0.2) is 31.2 Å². The molecule has 1 fully saturated rings. The molecule has 1 unspecified atom stereocenters. The third kappa shape index (κ3) is 3.88. The molecule has 1 heterocycles. The van der Waals surface area contributed by atoms with E-state index < -0.39 is 10.0 Å². The van der Waals surface area contributed by atoms with E-state index in [-0.39, 0.29) is 21.0 Å². The van der Waals surface area contributed by atoms with Gasteiger partial charge in [0.05, 0.1) is 10.0 Å². The molecule has 21 heavy (non-hydrogen) atoms. The van der Waals surface area contributed by atoms with Crippen LogP contribution in [0.15, 0.2) is 21.5 Å². The van der Waals surface area contributed by atoms with Crippen molar-refractivity contribution in [2.24, 2.45) is 0 Å². The molecular weight excluding hydrogens is 420 g/mol. The minimum Gasteiger partial charge on any atom is -0.207 e. The van der Waals surface area contributed by atoms with Gasteiger partial charge in [-0.3, -0.25) is 0 Å². The van der Waals surface area contributed by atoms with E-state index in [1.807, 2.05) is 0 Å². The normalized spacial score (nSPS) is 20.7. The van der Waals surface area contributed by atoms with Crippen molar-refractivity contribution in [2.45, 2.75) is 36.6 Å². The van der Waals surface area contributed by atoms with E-state index in [2.05, 4.69) is 15.9 Å². The Morgan fingerprint density at radius 1 is 1.24 bits per heavy atom. The SMILES string of the molecule is O=S(=O)(c1c(Cl)cc(Br)cc1Cl)N1CCCCC1CCCl. The van der Waals surface area contributed by atoms with Gasteiger partial charge in [-0.2, -0.15) is 4.31 Å². The van der Waals surface area contributed by atoms with Crippen LogP contribution in [0.5, 0.6) is 0 Å². The summed E-state index contributed by atoms with van der Waals surface area (Å²) in [5.41, 5.74) is 0. The van der Waals surface area contributed by atoms with Crippen molar-refractivity contribution in [3.05, 3.63) is 26.7 Å². The number of rotatable bonds is 4. The fraction of sp³-hybridized carbons (Fsp3) is 0.538. The van der Waals surface area contributed by atoms with Gasteiger partial charge in [-0.15, -0.1) is 11.6 Å². The summed E-state index contributed by atoms with van der Waals surface area (Å²) in [5.74, 6) is 0.429.